The third-order valence-electron chi connectivity index (χ3n) is 9.22. The first kappa shape index (κ1) is 14.5. The number of fused-ring (bicyclic) bond motifs is 2. The van der Waals surface area contributed by atoms with Gasteiger partial charge < -0.3 is 5.11 Å². The van der Waals surface area contributed by atoms with Gasteiger partial charge >= 0.3 is 0 Å². The van der Waals surface area contributed by atoms with Gasteiger partial charge in [-0.3, -0.25) is 0 Å². The second kappa shape index (κ2) is 3.89. The van der Waals surface area contributed by atoms with Crippen molar-refractivity contribution in [3.05, 3.63) is 0 Å². The zero-order valence-corrected chi connectivity index (χ0v) is 14.7. The molecule has 0 heterocycles. The average Bonchev–Trinajstić information content (AvgIpc) is 2.92. The molecule has 0 aromatic heterocycles. The summed E-state index contributed by atoms with van der Waals surface area (Å²) in [6.45, 7) is 12.6. The molecule has 120 valence electrons. The molecular weight excluding hydrogens is 256 g/mol. The molecule has 0 aliphatic heterocycles. The summed E-state index contributed by atoms with van der Waals surface area (Å²) in [5.74, 6) is 2.56. The summed E-state index contributed by atoms with van der Waals surface area (Å²) < 4.78 is 0. The van der Waals surface area contributed by atoms with Gasteiger partial charge in [0.25, 0.3) is 0 Å². The van der Waals surface area contributed by atoms with Crippen LogP contribution in [0.3, 0.4) is 0 Å². The van der Waals surface area contributed by atoms with Crippen LogP contribution in [0.1, 0.15) is 79.6 Å². The van der Waals surface area contributed by atoms with Crippen molar-refractivity contribution < 1.29 is 5.11 Å². The zero-order chi connectivity index (χ0) is 15.3. The van der Waals surface area contributed by atoms with Crippen LogP contribution in [0.5, 0.6) is 0 Å². The predicted molar refractivity (Wildman–Crippen MR) is 86.9 cm³/mol. The minimum atomic E-state index is -0.0516. The van der Waals surface area contributed by atoms with Crippen LogP contribution < -0.4 is 0 Å². The third-order valence-corrected chi connectivity index (χ3v) is 9.22. The van der Waals surface area contributed by atoms with Crippen LogP contribution >= 0.6 is 0 Å². The van der Waals surface area contributed by atoms with Gasteiger partial charge in [-0.1, -0.05) is 34.6 Å². The highest BCUT2D eigenvalue weighted by atomic mass is 16.3. The SMILES string of the molecule is C[C@H]1CC[C@@H](O)[C@]2(C)CC[C@H]3[C@@H]4C(C)(C)CC[C@]4(C)C[C@]132. The van der Waals surface area contributed by atoms with Crippen molar-refractivity contribution in [3.63, 3.8) is 0 Å². The monoisotopic (exact) mass is 290 g/mol. The Kier molecular flexibility index (Phi) is 2.69. The number of rotatable bonds is 0. The maximum Gasteiger partial charge on any atom is 0.0599 e. The van der Waals surface area contributed by atoms with Gasteiger partial charge in [-0.2, -0.15) is 0 Å². The second-order valence-corrected chi connectivity index (χ2v) is 10.4. The quantitative estimate of drug-likeness (QED) is 0.663. The van der Waals surface area contributed by atoms with E-state index >= 15 is 0 Å². The maximum absolute atomic E-state index is 10.9. The van der Waals surface area contributed by atoms with Gasteiger partial charge in [0.2, 0.25) is 0 Å². The van der Waals surface area contributed by atoms with Crippen LogP contribution in [0.4, 0.5) is 0 Å². The highest BCUT2D eigenvalue weighted by Gasteiger charge is 2.74. The molecule has 21 heavy (non-hydrogen) atoms. The molecule has 1 spiro atoms. The van der Waals surface area contributed by atoms with Gasteiger partial charge in [-0.05, 0) is 84.4 Å². The van der Waals surface area contributed by atoms with Gasteiger partial charge in [0.05, 0.1) is 6.10 Å². The predicted octanol–water partition coefficient (Wildman–Crippen LogP) is 5.03. The van der Waals surface area contributed by atoms with E-state index in [9.17, 15) is 5.11 Å². The van der Waals surface area contributed by atoms with Crippen LogP contribution in [0.2, 0.25) is 0 Å². The van der Waals surface area contributed by atoms with E-state index in [-0.39, 0.29) is 11.5 Å². The van der Waals surface area contributed by atoms with Crippen LogP contribution in [0.15, 0.2) is 0 Å². The number of hydrogen-bond acceptors (Lipinski definition) is 1. The van der Waals surface area contributed by atoms with Crippen LogP contribution in [-0.2, 0) is 0 Å². The van der Waals surface area contributed by atoms with Crippen molar-refractivity contribution in [3.8, 4) is 0 Å². The molecule has 4 aliphatic rings. The summed E-state index contributed by atoms with van der Waals surface area (Å²) >= 11 is 0. The van der Waals surface area contributed by atoms with Crippen molar-refractivity contribution in [2.45, 2.75) is 85.7 Å². The first-order valence-corrected chi connectivity index (χ1v) is 9.35. The first-order chi connectivity index (χ1) is 9.67. The van der Waals surface area contributed by atoms with E-state index in [2.05, 4.69) is 34.6 Å². The minimum absolute atomic E-state index is 0.0516. The topological polar surface area (TPSA) is 20.2 Å². The van der Waals surface area contributed by atoms with E-state index in [1.165, 1.54) is 38.5 Å². The molecule has 0 saturated heterocycles. The summed E-state index contributed by atoms with van der Waals surface area (Å²) in [5.41, 5.74) is 1.68. The standard InChI is InChI=1S/C20H34O/c1-13-6-7-15(21)19(5)9-8-14-16-17(2,3)10-11-18(16,4)12-20(13,14)19/h13-16,21H,6-12H2,1-5H3/t13-,14-,15+,16+,18+,19-,20-/m0/s1. The molecule has 1 nitrogen and oxygen atoms in total. The zero-order valence-electron chi connectivity index (χ0n) is 14.7. The fourth-order valence-electron chi connectivity index (χ4n) is 8.49. The molecular formula is C20H34O. The van der Waals surface area contributed by atoms with Crippen LogP contribution in [0.25, 0.3) is 0 Å². The molecule has 4 rings (SSSR count). The van der Waals surface area contributed by atoms with Crippen molar-refractivity contribution in [2.75, 3.05) is 0 Å². The molecule has 0 bridgehead atoms. The van der Waals surface area contributed by atoms with E-state index in [4.69, 9.17) is 0 Å². The molecule has 4 saturated carbocycles. The molecule has 0 amide bonds. The van der Waals surface area contributed by atoms with Crippen molar-refractivity contribution >= 4 is 0 Å². The lowest BCUT2D eigenvalue weighted by Gasteiger charge is -2.56. The van der Waals surface area contributed by atoms with E-state index in [0.29, 0.717) is 16.2 Å². The van der Waals surface area contributed by atoms with Gasteiger partial charge in [-0.25, -0.2) is 0 Å². The lowest BCUT2D eigenvalue weighted by molar-refractivity contribution is -0.129. The molecule has 0 radical (unpaired) electrons. The van der Waals surface area contributed by atoms with Crippen LogP contribution in [0, 0.1) is 39.4 Å². The number of aliphatic hydroxyl groups excluding tert-OH is 1. The second-order valence-electron chi connectivity index (χ2n) is 10.4. The van der Waals surface area contributed by atoms with E-state index in [1.807, 2.05) is 0 Å². The molecule has 0 aromatic carbocycles. The van der Waals surface area contributed by atoms with E-state index in [0.717, 1.165) is 24.2 Å². The van der Waals surface area contributed by atoms with Crippen LogP contribution in [-0.4, -0.2) is 11.2 Å². The van der Waals surface area contributed by atoms with Gasteiger partial charge in [0, 0.05) is 0 Å². The fraction of sp³-hybridized carbons (Fsp3) is 1.00. The third kappa shape index (κ3) is 1.44. The Bertz CT molecular complexity index is 468. The molecule has 7 atom stereocenters. The fourth-order valence-corrected chi connectivity index (χ4v) is 8.49. The lowest BCUT2D eigenvalue weighted by atomic mass is 9.50. The molecule has 0 aromatic rings. The summed E-state index contributed by atoms with van der Waals surface area (Å²) in [6.07, 6.45) is 9.11. The normalized spacial score (nSPS) is 61.4. The highest BCUT2D eigenvalue weighted by Crippen LogP contribution is 2.80. The van der Waals surface area contributed by atoms with Crippen molar-refractivity contribution in [2.24, 2.45) is 39.4 Å². The minimum Gasteiger partial charge on any atom is -0.393 e. The smallest absolute Gasteiger partial charge is 0.0599 e. The Morgan fingerprint density at radius 1 is 0.905 bits per heavy atom. The molecule has 4 fully saturated rings. The molecule has 4 aliphatic carbocycles. The van der Waals surface area contributed by atoms with E-state index in [1.54, 1.807) is 0 Å². The summed E-state index contributed by atoms with van der Waals surface area (Å²) in [5, 5.41) is 10.9. The Hall–Kier alpha value is -0.0400. The Morgan fingerprint density at radius 2 is 1.62 bits per heavy atom. The van der Waals surface area contributed by atoms with E-state index < -0.39 is 0 Å². The summed E-state index contributed by atoms with van der Waals surface area (Å²) in [7, 11) is 0. The van der Waals surface area contributed by atoms with Crippen molar-refractivity contribution in [1.82, 2.24) is 0 Å². The molecule has 1 heteroatoms. The summed E-state index contributed by atoms with van der Waals surface area (Å²) in [4.78, 5) is 0. The van der Waals surface area contributed by atoms with Crippen molar-refractivity contribution in [1.29, 1.82) is 0 Å². The summed E-state index contributed by atoms with van der Waals surface area (Å²) in [6, 6.07) is 0. The van der Waals surface area contributed by atoms with Gasteiger partial charge in [-0.15, -0.1) is 0 Å². The van der Waals surface area contributed by atoms with Gasteiger partial charge in [0.15, 0.2) is 0 Å². The molecule has 0 unspecified atom stereocenters. The Morgan fingerprint density at radius 3 is 2.33 bits per heavy atom. The largest absolute Gasteiger partial charge is 0.393 e. The molecule has 1 N–H and O–H groups in total. The van der Waals surface area contributed by atoms with Gasteiger partial charge in [0.1, 0.15) is 0 Å². The maximum atomic E-state index is 10.9. The number of aliphatic hydroxyl groups is 1. The Balaban J connectivity index is 1.86. The lowest BCUT2D eigenvalue weighted by Crippen LogP contribution is -2.53. The average molecular weight is 290 g/mol. The highest BCUT2D eigenvalue weighted by molar-refractivity contribution is 5.23. The number of hydrogen-bond donors (Lipinski definition) is 1. The first-order valence-electron chi connectivity index (χ1n) is 9.35. The Labute approximate surface area is 130 Å².